The minimum absolute atomic E-state index is 0.0114. The third-order valence-electron chi connectivity index (χ3n) is 7.69. The molecule has 0 aliphatic heterocycles. The molecule has 1 heterocycles. The Balaban J connectivity index is 1.12. The van der Waals surface area contributed by atoms with Crippen LogP contribution in [0, 0.1) is 22.7 Å². The zero-order chi connectivity index (χ0) is 33.3. The Morgan fingerprint density at radius 1 is 0.729 bits per heavy atom. The molecule has 0 spiro atoms. The predicted octanol–water partition coefficient (Wildman–Crippen LogP) is 10.4. The number of azo groups is 1. The average Bonchev–Trinajstić information content (AvgIpc) is 3.59. The van der Waals surface area contributed by atoms with Gasteiger partial charge < -0.3 is 27.0 Å². The largest absolute Gasteiger partial charge is 0.382 e. The average molecular weight is 649 g/mol. The first-order chi connectivity index (χ1) is 23.5. The molecule has 0 bridgehead atoms. The van der Waals surface area contributed by atoms with E-state index in [1.165, 1.54) is 22.8 Å². The molecule has 1 atom stereocenters. The van der Waals surface area contributed by atoms with Gasteiger partial charge in [-0.25, -0.2) is 4.98 Å². The molecule has 0 amide bonds. The molecule has 236 valence electrons. The lowest BCUT2D eigenvalue weighted by Crippen LogP contribution is -2.14. The maximum Gasteiger partial charge on any atom is 0.230 e. The van der Waals surface area contributed by atoms with E-state index in [0.29, 0.717) is 21.7 Å². The van der Waals surface area contributed by atoms with Crippen molar-refractivity contribution in [2.75, 3.05) is 27.0 Å². The van der Waals surface area contributed by atoms with Gasteiger partial charge in [-0.3, -0.25) is 0 Å². The molecule has 0 aliphatic carbocycles. The lowest BCUT2D eigenvalue weighted by Gasteiger charge is -2.19. The lowest BCUT2D eigenvalue weighted by molar-refractivity contribution is 0.765. The summed E-state index contributed by atoms with van der Waals surface area (Å²) in [6, 6.07) is 36.5. The van der Waals surface area contributed by atoms with Crippen molar-refractivity contribution in [2.45, 2.75) is 26.3 Å². The number of thiazole rings is 1. The topological polar surface area (TPSA) is 145 Å². The van der Waals surface area contributed by atoms with E-state index in [9.17, 15) is 0 Å². The Morgan fingerprint density at radius 2 is 1.25 bits per heavy atom. The third kappa shape index (κ3) is 7.34. The van der Waals surface area contributed by atoms with Crippen molar-refractivity contribution in [1.29, 1.82) is 10.5 Å². The number of hydrazine groups is 2. The lowest BCUT2D eigenvalue weighted by atomic mass is 10.1. The van der Waals surface area contributed by atoms with Gasteiger partial charge in [0, 0.05) is 39.5 Å². The molecule has 5 N–H and O–H groups in total. The van der Waals surface area contributed by atoms with E-state index in [1.54, 1.807) is 6.20 Å². The number of nitrogens with one attached hydrogen (secondary N) is 5. The Labute approximate surface area is 282 Å². The van der Waals surface area contributed by atoms with Gasteiger partial charge in [0.05, 0.1) is 33.3 Å². The summed E-state index contributed by atoms with van der Waals surface area (Å²) in [5.74, 6) is 0. The summed E-state index contributed by atoms with van der Waals surface area (Å²) in [6.45, 7) is 4.38. The van der Waals surface area contributed by atoms with E-state index in [-0.39, 0.29) is 5.57 Å². The molecular formula is C37H32N10S. The van der Waals surface area contributed by atoms with Gasteiger partial charge in [0.1, 0.15) is 17.7 Å². The summed E-state index contributed by atoms with van der Waals surface area (Å²) in [6.07, 6.45) is 4.08. The molecule has 0 saturated heterocycles. The highest BCUT2D eigenvalue weighted by Gasteiger charge is 2.10. The van der Waals surface area contributed by atoms with Gasteiger partial charge in [-0.1, -0.05) is 66.8 Å². The molecular weight excluding hydrogens is 617 g/mol. The third-order valence-corrected chi connectivity index (χ3v) is 8.52. The van der Waals surface area contributed by atoms with E-state index in [4.69, 9.17) is 10.5 Å². The van der Waals surface area contributed by atoms with Crippen LogP contribution in [0.2, 0.25) is 0 Å². The van der Waals surface area contributed by atoms with Crippen LogP contribution in [-0.4, -0.2) is 11.0 Å². The molecule has 0 radical (unpaired) electrons. The number of hydrogen-bond donors (Lipinski definition) is 5. The minimum Gasteiger partial charge on any atom is -0.382 e. The second kappa shape index (κ2) is 14.8. The SMILES string of the molecule is CCC(C)Nc1ccc(NNc2ccc(NNc3ccc(N=Nc4ncc(C=C(C#N)C#N)s4)cc3)c3ccccc23)c2ccccc12. The van der Waals surface area contributed by atoms with Crippen molar-refractivity contribution >= 4 is 78.2 Å². The number of hydrogen-bond acceptors (Lipinski definition) is 11. The summed E-state index contributed by atoms with van der Waals surface area (Å²) in [7, 11) is 0. The number of allylic oxidation sites excluding steroid dienone is 1. The minimum atomic E-state index is 0.0114. The molecule has 6 aromatic rings. The second-order valence-corrected chi connectivity index (χ2v) is 12.0. The van der Waals surface area contributed by atoms with Gasteiger partial charge in [-0.15, -0.1) is 10.2 Å². The number of fused-ring (bicyclic) bond motifs is 2. The maximum absolute atomic E-state index is 8.93. The summed E-state index contributed by atoms with van der Waals surface area (Å²) in [5.41, 5.74) is 19.0. The number of nitriles is 2. The highest BCUT2D eigenvalue weighted by Crippen LogP contribution is 2.33. The molecule has 11 heteroatoms. The Hall–Kier alpha value is -6.43. The van der Waals surface area contributed by atoms with Crippen LogP contribution >= 0.6 is 11.3 Å². The highest BCUT2D eigenvalue weighted by molar-refractivity contribution is 7.16. The fourth-order valence-corrected chi connectivity index (χ4v) is 5.71. The molecule has 0 saturated carbocycles. The Kier molecular flexibility index (Phi) is 9.71. The molecule has 0 aliphatic rings. The highest BCUT2D eigenvalue weighted by atomic mass is 32.1. The van der Waals surface area contributed by atoms with Crippen molar-refractivity contribution in [3.05, 3.63) is 114 Å². The van der Waals surface area contributed by atoms with E-state index >= 15 is 0 Å². The fourth-order valence-electron chi connectivity index (χ4n) is 5.03. The van der Waals surface area contributed by atoms with E-state index in [1.807, 2.05) is 60.7 Å². The summed E-state index contributed by atoms with van der Waals surface area (Å²) < 4.78 is 0. The standard InChI is InChI=1S/C37H32N10S/c1-3-24(2)41-33-16-17-35(30-9-5-4-8-29(30)33)45-46-36-19-18-34(31-10-6-7-11-32(31)36)44-42-26-12-14-27(15-13-26)43-47-37-40-23-28(48-37)20-25(21-38)22-39/h4-20,23-24,41-42,44-46H,3H2,1-2H3. The van der Waals surface area contributed by atoms with Crippen molar-refractivity contribution in [3.63, 3.8) is 0 Å². The van der Waals surface area contributed by atoms with Gasteiger partial charge >= 0.3 is 0 Å². The van der Waals surface area contributed by atoms with Crippen LogP contribution in [0.5, 0.6) is 0 Å². The zero-order valence-electron chi connectivity index (χ0n) is 26.3. The van der Waals surface area contributed by atoms with E-state index in [2.05, 4.69) is 105 Å². The molecule has 0 fully saturated rings. The summed E-state index contributed by atoms with van der Waals surface area (Å²) in [4.78, 5) is 4.84. The predicted molar refractivity (Wildman–Crippen MR) is 198 cm³/mol. The van der Waals surface area contributed by atoms with Crippen LogP contribution in [0.3, 0.4) is 0 Å². The van der Waals surface area contributed by atoms with Gasteiger partial charge in [-0.2, -0.15) is 10.5 Å². The van der Waals surface area contributed by atoms with Crippen molar-refractivity contribution in [1.82, 2.24) is 4.98 Å². The van der Waals surface area contributed by atoms with Crippen LogP contribution in [0.1, 0.15) is 25.1 Å². The summed E-state index contributed by atoms with van der Waals surface area (Å²) >= 11 is 1.24. The van der Waals surface area contributed by atoms with Crippen molar-refractivity contribution in [2.24, 2.45) is 10.2 Å². The van der Waals surface area contributed by atoms with E-state index in [0.717, 1.165) is 51.0 Å². The second-order valence-electron chi connectivity index (χ2n) is 10.9. The molecule has 48 heavy (non-hydrogen) atoms. The molecule has 6 rings (SSSR count). The van der Waals surface area contributed by atoms with Gasteiger partial charge in [0.15, 0.2) is 0 Å². The van der Waals surface area contributed by atoms with Crippen LogP contribution < -0.4 is 27.0 Å². The van der Waals surface area contributed by atoms with Crippen LogP contribution in [-0.2, 0) is 0 Å². The number of anilines is 5. The van der Waals surface area contributed by atoms with Gasteiger partial charge in [-0.05, 0) is 68.0 Å². The number of nitrogens with zero attached hydrogens (tertiary/aromatic N) is 5. The van der Waals surface area contributed by atoms with Crippen LogP contribution in [0.15, 0.2) is 119 Å². The molecule has 5 aromatic carbocycles. The first kappa shape index (κ1) is 31.5. The molecule has 10 nitrogen and oxygen atoms in total. The number of benzene rings is 5. The molecule has 1 aromatic heterocycles. The maximum atomic E-state index is 8.93. The Morgan fingerprint density at radius 3 is 1.79 bits per heavy atom. The first-order valence-corrected chi connectivity index (χ1v) is 16.2. The van der Waals surface area contributed by atoms with Gasteiger partial charge in [0.25, 0.3) is 0 Å². The number of rotatable bonds is 12. The quantitative estimate of drug-likeness (QED) is 0.0500. The molecule has 1 unspecified atom stereocenters. The fraction of sp³-hybridized carbons (Fsp3) is 0.108. The normalized spacial score (nSPS) is 11.4. The number of aromatic nitrogens is 1. The Bertz CT molecular complexity index is 2190. The van der Waals surface area contributed by atoms with Crippen LogP contribution in [0.4, 0.5) is 39.3 Å². The van der Waals surface area contributed by atoms with Gasteiger partial charge in [0.2, 0.25) is 5.13 Å². The monoisotopic (exact) mass is 648 g/mol. The van der Waals surface area contributed by atoms with Crippen molar-refractivity contribution in [3.8, 4) is 12.1 Å². The van der Waals surface area contributed by atoms with E-state index < -0.39 is 0 Å². The van der Waals surface area contributed by atoms with Crippen molar-refractivity contribution < 1.29 is 0 Å². The van der Waals surface area contributed by atoms with Crippen LogP contribution in [0.25, 0.3) is 27.6 Å². The smallest absolute Gasteiger partial charge is 0.230 e. The zero-order valence-corrected chi connectivity index (χ0v) is 27.1. The first-order valence-electron chi connectivity index (χ1n) is 15.4. The summed E-state index contributed by atoms with van der Waals surface area (Å²) in [5, 5.41) is 34.8.